The van der Waals surface area contributed by atoms with Crippen LogP contribution < -0.4 is 10.6 Å². The number of anilines is 1. The molecule has 2 aromatic rings. The van der Waals surface area contributed by atoms with Crippen LogP contribution in [0.5, 0.6) is 0 Å². The number of carbonyl (C=O) groups is 1. The summed E-state index contributed by atoms with van der Waals surface area (Å²) in [5.41, 5.74) is 0.330. The van der Waals surface area contributed by atoms with Crippen LogP contribution in [0.3, 0.4) is 0 Å². The minimum Gasteiger partial charge on any atom is -0.337 e. The van der Waals surface area contributed by atoms with E-state index >= 15 is 0 Å². The molecule has 8 heteroatoms. The number of nitrogens with one attached hydrogen (secondary N) is 2. The van der Waals surface area contributed by atoms with E-state index in [4.69, 9.17) is 27.7 Å². The van der Waals surface area contributed by atoms with E-state index in [-0.39, 0.29) is 11.9 Å². The van der Waals surface area contributed by atoms with Crippen molar-refractivity contribution >= 4 is 34.8 Å². The molecule has 0 aliphatic carbocycles. The van der Waals surface area contributed by atoms with Crippen molar-refractivity contribution < 1.29 is 9.32 Å². The van der Waals surface area contributed by atoms with E-state index in [9.17, 15) is 4.79 Å². The Balaban J connectivity index is 1.76. The van der Waals surface area contributed by atoms with E-state index in [1.54, 1.807) is 18.2 Å². The normalized spacial score (nSPS) is 17.9. The number of rotatable bonds is 3. The molecule has 0 saturated carbocycles. The molecule has 6 nitrogen and oxygen atoms in total. The number of para-hydroxylation sites is 1. The first-order valence-corrected chi connectivity index (χ1v) is 7.23. The van der Waals surface area contributed by atoms with Gasteiger partial charge in [0.25, 0.3) is 11.7 Å². The van der Waals surface area contributed by atoms with E-state index in [2.05, 4.69) is 20.8 Å². The molecule has 1 amide bonds. The van der Waals surface area contributed by atoms with Gasteiger partial charge in [-0.15, -0.1) is 0 Å². The summed E-state index contributed by atoms with van der Waals surface area (Å²) in [6.45, 7) is 0.907. The highest BCUT2D eigenvalue weighted by Crippen LogP contribution is 2.30. The van der Waals surface area contributed by atoms with Gasteiger partial charge in [0.2, 0.25) is 5.89 Å². The van der Waals surface area contributed by atoms with Crippen LogP contribution in [0.1, 0.15) is 35.4 Å². The fraction of sp³-hybridized carbons (Fsp3) is 0.308. The summed E-state index contributed by atoms with van der Waals surface area (Å²) in [6.07, 6.45) is 1.96. The molecule has 0 spiro atoms. The number of benzene rings is 1. The zero-order chi connectivity index (χ0) is 14.8. The van der Waals surface area contributed by atoms with Crippen molar-refractivity contribution in [2.45, 2.75) is 18.9 Å². The van der Waals surface area contributed by atoms with Crippen molar-refractivity contribution in [2.24, 2.45) is 0 Å². The number of amides is 1. The van der Waals surface area contributed by atoms with Crippen molar-refractivity contribution in [3.05, 3.63) is 40.0 Å². The van der Waals surface area contributed by atoms with E-state index in [1.165, 1.54) is 0 Å². The third kappa shape index (κ3) is 3.02. The van der Waals surface area contributed by atoms with Crippen LogP contribution in [0.15, 0.2) is 22.7 Å². The van der Waals surface area contributed by atoms with Gasteiger partial charge < -0.3 is 15.2 Å². The largest absolute Gasteiger partial charge is 0.337 e. The number of halogens is 2. The van der Waals surface area contributed by atoms with Gasteiger partial charge in [-0.25, -0.2) is 0 Å². The quantitative estimate of drug-likeness (QED) is 0.906. The summed E-state index contributed by atoms with van der Waals surface area (Å²) in [5.74, 6) is -0.143. The summed E-state index contributed by atoms with van der Waals surface area (Å²) in [4.78, 5) is 16.2. The van der Waals surface area contributed by atoms with Crippen LogP contribution >= 0.6 is 23.2 Å². The molecule has 1 aromatic heterocycles. The first-order valence-electron chi connectivity index (χ1n) is 6.47. The third-order valence-electron chi connectivity index (χ3n) is 3.20. The first-order chi connectivity index (χ1) is 10.1. The van der Waals surface area contributed by atoms with E-state index in [0.29, 0.717) is 21.6 Å². The Morgan fingerprint density at radius 1 is 1.38 bits per heavy atom. The maximum Gasteiger partial charge on any atom is 0.297 e. The lowest BCUT2D eigenvalue weighted by Crippen LogP contribution is -2.16. The van der Waals surface area contributed by atoms with Gasteiger partial charge in [0.1, 0.15) is 0 Å². The number of hydrogen-bond acceptors (Lipinski definition) is 5. The van der Waals surface area contributed by atoms with Gasteiger partial charge in [0.15, 0.2) is 0 Å². The van der Waals surface area contributed by atoms with Crippen molar-refractivity contribution in [1.29, 1.82) is 0 Å². The summed E-state index contributed by atoms with van der Waals surface area (Å²) < 4.78 is 5.12. The lowest BCUT2D eigenvalue weighted by atomic mass is 10.2. The van der Waals surface area contributed by atoms with Crippen molar-refractivity contribution in [2.75, 3.05) is 11.9 Å². The zero-order valence-electron chi connectivity index (χ0n) is 10.9. The maximum absolute atomic E-state index is 12.1. The van der Waals surface area contributed by atoms with E-state index in [0.717, 1.165) is 19.4 Å². The SMILES string of the molecule is O=C(Nc1c(Cl)cccc1Cl)c1noc(C2CCCN2)n1. The van der Waals surface area contributed by atoms with Crippen LogP contribution in [0.4, 0.5) is 5.69 Å². The van der Waals surface area contributed by atoms with Gasteiger partial charge in [-0.05, 0) is 31.5 Å². The molecule has 21 heavy (non-hydrogen) atoms. The van der Waals surface area contributed by atoms with Gasteiger partial charge in [-0.3, -0.25) is 4.79 Å². The van der Waals surface area contributed by atoms with Crippen LogP contribution in [0.25, 0.3) is 0 Å². The molecule has 3 rings (SSSR count). The molecule has 110 valence electrons. The Morgan fingerprint density at radius 2 is 2.14 bits per heavy atom. The second-order valence-corrected chi connectivity index (χ2v) is 5.47. The molecular weight excluding hydrogens is 315 g/mol. The Morgan fingerprint density at radius 3 is 2.81 bits per heavy atom. The van der Waals surface area contributed by atoms with Gasteiger partial charge >= 0.3 is 0 Å². The molecule has 1 atom stereocenters. The molecule has 1 aliphatic rings. The molecule has 1 saturated heterocycles. The van der Waals surface area contributed by atoms with Crippen LogP contribution in [-0.4, -0.2) is 22.6 Å². The molecule has 1 unspecified atom stereocenters. The van der Waals surface area contributed by atoms with Crippen LogP contribution in [0, 0.1) is 0 Å². The topological polar surface area (TPSA) is 80.0 Å². The molecule has 1 aliphatic heterocycles. The standard InChI is InChI=1S/C13H12Cl2N4O2/c14-7-3-1-4-8(15)10(7)17-12(20)11-18-13(21-19-11)9-5-2-6-16-9/h1,3-4,9,16H,2,5-6H2,(H,17,20). The highest BCUT2D eigenvalue weighted by molar-refractivity contribution is 6.39. The number of nitrogens with zero attached hydrogens (tertiary/aromatic N) is 2. The molecule has 1 fully saturated rings. The van der Waals surface area contributed by atoms with Crippen LogP contribution in [-0.2, 0) is 0 Å². The van der Waals surface area contributed by atoms with E-state index in [1.807, 2.05) is 0 Å². The number of carbonyl (C=O) groups excluding carboxylic acids is 1. The average Bonchev–Trinajstić information content (AvgIpc) is 3.12. The monoisotopic (exact) mass is 326 g/mol. The van der Waals surface area contributed by atoms with Crippen LogP contribution in [0.2, 0.25) is 10.0 Å². The maximum atomic E-state index is 12.1. The smallest absolute Gasteiger partial charge is 0.297 e. The Labute approximate surface area is 130 Å². The average molecular weight is 327 g/mol. The van der Waals surface area contributed by atoms with E-state index < -0.39 is 5.91 Å². The fourth-order valence-electron chi connectivity index (χ4n) is 2.15. The number of aromatic nitrogens is 2. The lowest BCUT2D eigenvalue weighted by Gasteiger charge is -2.06. The van der Waals surface area contributed by atoms with Gasteiger partial charge in [0, 0.05) is 0 Å². The van der Waals surface area contributed by atoms with Gasteiger partial charge in [0.05, 0.1) is 21.8 Å². The number of hydrogen-bond donors (Lipinski definition) is 2. The Hall–Kier alpha value is -1.63. The highest BCUT2D eigenvalue weighted by Gasteiger charge is 2.24. The predicted molar refractivity (Wildman–Crippen MR) is 78.7 cm³/mol. The molecule has 0 radical (unpaired) electrons. The summed E-state index contributed by atoms with van der Waals surface area (Å²) in [6, 6.07) is 4.97. The van der Waals surface area contributed by atoms with Gasteiger partial charge in [-0.1, -0.05) is 34.4 Å². The second-order valence-electron chi connectivity index (χ2n) is 4.66. The Bertz CT molecular complexity index is 648. The molecule has 2 N–H and O–H groups in total. The second kappa shape index (κ2) is 6.01. The third-order valence-corrected chi connectivity index (χ3v) is 3.83. The zero-order valence-corrected chi connectivity index (χ0v) is 12.4. The minimum absolute atomic E-state index is 0.0166. The van der Waals surface area contributed by atoms with Crippen molar-refractivity contribution in [3.8, 4) is 0 Å². The van der Waals surface area contributed by atoms with Crippen molar-refractivity contribution in [1.82, 2.24) is 15.5 Å². The molecule has 0 bridgehead atoms. The lowest BCUT2D eigenvalue weighted by molar-refractivity contribution is 0.101. The summed E-state index contributed by atoms with van der Waals surface area (Å²) >= 11 is 12.0. The molecule has 2 heterocycles. The molecule has 1 aromatic carbocycles. The highest BCUT2D eigenvalue weighted by atomic mass is 35.5. The minimum atomic E-state index is -0.516. The summed E-state index contributed by atoms with van der Waals surface area (Å²) in [7, 11) is 0. The predicted octanol–water partition coefficient (Wildman–Crippen LogP) is 3.05. The Kier molecular flexibility index (Phi) is 4.10. The van der Waals surface area contributed by atoms with Crippen molar-refractivity contribution in [3.63, 3.8) is 0 Å². The van der Waals surface area contributed by atoms with Gasteiger partial charge in [-0.2, -0.15) is 4.98 Å². The summed E-state index contributed by atoms with van der Waals surface area (Å²) in [5, 5.41) is 10.2. The fourth-order valence-corrected chi connectivity index (χ4v) is 2.64. The first kappa shape index (κ1) is 14.3. The molecular formula is C13H12Cl2N4O2.